The summed E-state index contributed by atoms with van der Waals surface area (Å²) in [4.78, 5) is 10.3. The minimum absolute atomic E-state index is 0.163. The summed E-state index contributed by atoms with van der Waals surface area (Å²) in [6.45, 7) is 0. The van der Waals surface area contributed by atoms with Gasteiger partial charge in [-0.15, -0.1) is 0 Å². The Hall–Kier alpha value is -1.33. The lowest BCUT2D eigenvalue weighted by atomic mass is 10.1. The van der Waals surface area contributed by atoms with Crippen LogP contribution in [0, 0.1) is 11.6 Å². The number of aldehydes is 1. The highest BCUT2D eigenvalue weighted by Gasteiger charge is 2.11. The van der Waals surface area contributed by atoms with E-state index in [4.69, 9.17) is 5.21 Å². The molecule has 1 aromatic rings. The van der Waals surface area contributed by atoms with E-state index in [-0.39, 0.29) is 5.56 Å². The van der Waals surface area contributed by atoms with Crippen molar-refractivity contribution >= 4 is 6.29 Å². The molecule has 13 heavy (non-hydrogen) atoms. The normalized spacial score (nSPS) is 12.5. The van der Waals surface area contributed by atoms with Crippen LogP contribution >= 0.6 is 0 Å². The predicted octanol–water partition coefficient (Wildman–Crippen LogP) is 1.18. The van der Waals surface area contributed by atoms with Gasteiger partial charge in [-0.05, 0) is 17.7 Å². The maximum atomic E-state index is 12.6. The molecule has 0 saturated carbocycles. The van der Waals surface area contributed by atoms with Gasteiger partial charge in [0.1, 0.15) is 12.3 Å². The second-order valence-corrected chi connectivity index (χ2v) is 2.42. The Morgan fingerprint density at radius 2 is 2.08 bits per heavy atom. The van der Waals surface area contributed by atoms with Crippen LogP contribution in [-0.2, 0) is 4.79 Å². The van der Waals surface area contributed by atoms with Gasteiger partial charge in [0.15, 0.2) is 11.6 Å². The molecule has 1 unspecified atom stereocenters. The van der Waals surface area contributed by atoms with Crippen LogP contribution in [0.3, 0.4) is 0 Å². The molecule has 0 amide bonds. The van der Waals surface area contributed by atoms with Crippen molar-refractivity contribution in [2.45, 2.75) is 6.04 Å². The summed E-state index contributed by atoms with van der Waals surface area (Å²) >= 11 is 0. The summed E-state index contributed by atoms with van der Waals surface area (Å²) in [6.07, 6.45) is 0.382. The van der Waals surface area contributed by atoms with Crippen LogP contribution in [0.15, 0.2) is 18.2 Å². The Bertz CT molecular complexity index is 317. The van der Waals surface area contributed by atoms with Crippen molar-refractivity contribution in [3.05, 3.63) is 35.4 Å². The van der Waals surface area contributed by atoms with Gasteiger partial charge in [0.25, 0.3) is 0 Å². The lowest BCUT2D eigenvalue weighted by molar-refractivity contribution is -0.111. The Morgan fingerprint density at radius 3 is 2.54 bits per heavy atom. The van der Waals surface area contributed by atoms with Crippen LogP contribution in [0.1, 0.15) is 11.6 Å². The molecule has 0 bridgehead atoms. The van der Waals surface area contributed by atoms with E-state index >= 15 is 0 Å². The summed E-state index contributed by atoms with van der Waals surface area (Å²) in [7, 11) is 0. The highest BCUT2D eigenvalue weighted by molar-refractivity contribution is 5.61. The summed E-state index contributed by atoms with van der Waals surface area (Å²) in [5, 5.41) is 8.44. The van der Waals surface area contributed by atoms with E-state index in [2.05, 4.69) is 0 Å². The van der Waals surface area contributed by atoms with Gasteiger partial charge in [-0.25, -0.2) is 8.78 Å². The summed E-state index contributed by atoms with van der Waals surface area (Å²) in [5.74, 6) is -2.05. The first-order valence-electron chi connectivity index (χ1n) is 3.49. The fourth-order valence-corrected chi connectivity index (χ4v) is 0.889. The molecule has 1 aromatic carbocycles. The van der Waals surface area contributed by atoms with Crippen LogP contribution in [-0.4, -0.2) is 11.5 Å². The van der Waals surface area contributed by atoms with Crippen molar-refractivity contribution in [2.75, 3.05) is 0 Å². The maximum absolute atomic E-state index is 12.6. The molecule has 0 aromatic heterocycles. The molecule has 0 aliphatic heterocycles. The van der Waals surface area contributed by atoms with Gasteiger partial charge in [-0.3, -0.25) is 0 Å². The van der Waals surface area contributed by atoms with Crippen LogP contribution in [0.5, 0.6) is 0 Å². The molecule has 0 fully saturated rings. The van der Waals surface area contributed by atoms with Gasteiger partial charge in [-0.1, -0.05) is 6.07 Å². The molecule has 0 aliphatic carbocycles. The monoisotopic (exact) mass is 187 g/mol. The number of nitrogens with one attached hydrogen (secondary N) is 1. The molecule has 70 valence electrons. The van der Waals surface area contributed by atoms with Gasteiger partial charge >= 0.3 is 0 Å². The second kappa shape index (κ2) is 4.06. The highest BCUT2D eigenvalue weighted by Crippen LogP contribution is 2.14. The third kappa shape index (κ3) is 2.07. The van der Waals surface area contributed by atoms with Gasteiger partial charge in [0, 0.05) is 0 Å². The SMILES string of the molecule is O=CC(NO)c1ccc(F)c(F)c1. The van der Waals surface area contributed by atoms with E-state index in [1.54, 1.807) is 5.48 Å². The van der Waals surface area contributed by atoms with E-state index in [0.717, 1.165) is 12.1 Å². The molecule has 0 radical (unpaired) electrons. The zero-order valence-electron chi connectivity index (χ0n) is 6.50. The smallest absolute Gasteiger partial charge is 0.159 e. The Morgan fingerprint density at radius 1 is 1.38 bits per heavy atom. The predicted molar refractivity (Wildman–Crippen MR) is 40.1 cm³/mol. The van der Waals surface area contributed by atoms with E-state index < -0.39 is 17.7 Å². The lowest BCUT2D eigenvalue weighted by Crippen LogP contribution is -2.18. The Kier molecular flexibility index (Phi) is 3.05. The van der Waals surface area contributed by atoms with Crippen molar-refractivity contribution < 1.29 is 18.8 Å². The zero-order valence-corrected chi connectivity index (χ0v) is 6.50. The zero-order chi connectivity index (χ0) is 9.84. The van der Waals surface area contributed by atoms with Crippen molar-refractivity contribution in [1.82, 2.24) is 5.48 Å². The third-order valence-electron chi connectivity index (χ3n) is 1.58. The molecule has 0 spiro atoms. The molecule has 1 atom stereocenters. The molecule has 2 N–H and O–H groups in total. The number of hydrogen-bond donors (Lipinski definition) is 2. The van der Waals surface area contributed by atoms with Gasteiger partial charge < -0.3 is 10.0 Å². The average molecular weight is 187 g/mol. The van der Waals surface area contributed by atoms with E-state index in [1.807, 2.05) is 0 Å². The van der Waals surface area contributed by atoms with Gasteiger partial charge in [0.2, 0.25) is 0 Å². The van der Waals surface area contributed by atoms with Gasteiger partial charge in [0.05, 0.1) is 0 Å². The molecule has 5 heteroatoms. The van der Waals surface area contributed by atoms with Gasteiger partial charge in [-0.2, -0.15) is 5.48 Å². The van der Waals surface area contributed by atoms with Crippen molar-refractivity contribution in [3.8, 4) is 0 Å². The van der Waals surface area contributed by atoms with Crippen LogP contribution in [0.2, 0.25) is 0 Å². The van der Waals surface area contributed by atoms with E-state index in [0.29, 0.717) is 6.29 Å². The van der Waals surface area contributed by atoms with E-state index in [1.165, 1.54) is 6.07 Å². The minimum atomic E-state index is -1.06. The van der Waals surface area contributed by atoms with E-state index in [9.17, 15) is 13.6 Å². The average Bonchev–Trinajstić information content (AvgIpc) is 2.13. The van der Waals surface area contributed by atoms with Crippen LogP contribution in [0.4, 0.5) is 8.78 Å². The number of carbonyl (C=O) groups excluding carboxylic acids is 1. The second-order valence-electron chi connectivity index (χ2n) is 2.42. The number of benzene rings is 1. The molecular weight excluding hydrogens is 180 g/mol. The number of rotatable bonds is 3. The van der Waals surface area contributed by atoms with Crippen molar-refractivity contribution in [1.29, 1.82) is 0 Å². The minimum Gasteiger partial charge on any atom is -0.316 e. The number of hydroxylamine groups is 1. The summed E-state index contributed by atoms with van der Waals surface area (Å²) < 4.78 is 25.0. The first-order valence-corrected chi connectivity index (χ1v) is 3.49. The highest BCUT2D eigenvalue weighted by atomic mass is 19.2. The lowest BCUT2D eigenvalue weighted by Gasteiger charge is -2.07. The molecule has 0 aliphatic rings. The standard InChI is InChI=1S/C8H7F2NO2/c9-6-2-1-5(3-7(6)10)8(4-12)11-13/h1-4,8,11,13H. The third-order valence-corrected chi connectivity index (χ3v) is 1.58. The topological polar surface area (TPSA) is 49.3 Å². The maximum Gasteiger partial charge on any atom is 0.159 e. The first kappa shape index (κ1) is 9.76. The first-order chi connectivity index (χ1) is 6.19. The molecular formula is C8H7F2NO2. The number of halogens is 2. The fraction of sp³-hybridized carbons (Fsp3) is 0.125. The molecule has 0 saturated heterocycles. The summed E-state index contributed by atoms with van der Waals surface area (Å²) in [6, 6.07) is 1.91. The van der Waals surface area contributed by atoms with Crippen LogP contribution < -0.4 is 5.48 Å². The number of carbonyl (C=O) groups is 1. The molecule has 3 nitrogen and oxygen atoms in total. The molecule has 1 rings (SSSR count). The Balaban J connectivity index is 3.01. The van der Waals surface area contributed by atoms with Crippen LogP contribution in [0.25, 0.3) is 0 Å². The molecule has 0 heterocycles. The quantitative estimate of drug-likeness (QED) is 0.551. The summed E-state index contributed by atoms with van der Waals surface area (Å²) in [5.41, 5.74) is 1.82. The fourth-order valence-electron chi connectivity index (χ4n) is 0.889. The Labute approximate surface area is 73.0 Å². The van der Waals surface area contributed by atoms with Crippen molar-refractivity contribution in [2.24, 2.45) is 0 Å². The largest absolute Gasteiger partial charge is 0.316 e. The number of hydrogen-bond acceptors (Lipinski definition) is 3. The van der Waals surface area contributed by atoms with Crippen molar-refractivity contribution in [3.63, 3.8) is 0 Å².